The minimum absolute atomic E-state index is 0.179. The lowest BCUT2D eigenvalue weighted by Crippen LogP contribution is -2.39. The molecule has 3 rings (SSSR count). The highest BCUT2D eigenvalue weighted by Crippen LogP contribution is 2.28. The number of nitrogens with zero attached hydrogens (tertiary/aromatic N) is 2. The second kappa shape index (κ2) is 8.04. The summed E-state index contributed by atoms with van der Waals surface area (Å²) in [5, 5.41) is 3.35. The number of anilines is 1. The predicted molar refractivity (Wildman–Crippen MR) is 93.9 cm³/mol. The van der Waals surface area contributed by atoms with Crippen molar-refractivity contribution in [2.45, 2.75) is 0 Å². The van der Waals surface area contributed by atoms with Gasteiger partial charge >= 0.3 is 0 Å². The van der Waals surface area contributed by atoms with Crippen LogP contribution in [0, 0.1) is 5.82 Å². The molecule has 1 fully saturated rings. The Labute approximate surface area is 145 Å². The lowest BCUT2D eigenvalue weighted by molar-refractivity contribution is 0.0398. The van der Waals surface area contributed by atoms with Crippen LogP contribution in [0.3, 0.4) is 0 Å². The molecule has 0 bridgehead atoms. The van der Waals surface area contributed by atoms with Gasteiger partial charge < -0.3 is 15.8 Å². The molecule has 132 valence electrons. The highest BCUT2D eigenvalue weighted by Gasteiger charge is 2.13. The summed E-state index contributed by atoms with van der Waals surface area (Å²) in [6, 6.07) is 7.74. The fourth-order valence-corrected chi connectivity index (χ4v) is 2.77. The van der Waals surface area contributed by atoms with Crippen molar-refractivity contribution in [2.24, 2.45) is 5.73 Å². The molecule has 0 saturated carbocycles. The molecule has 2 aromatic rings. The van der Waals surface area contributed by atoms with Gasteiger partial charge in [0.1, 0.15) is 11.5 Å². The molecule has 1 aromatic carbocycles. The van der Waals surface area contributed by atoms with Crippen LogP contribution in [-0.4, -0.2) is 55.2 Å². The number of amides is 1. The van der Waals surface area contributed by atoms with Crippen molar-refractivity contribution in [1.82, 2.24) is 9.88 Å². The molecule has 0 spiro atoms. The summed E-state index contributed by atoms with van der Waals surface area (Å²) in [6.45, 7) is 4.97. The van der Waals surface area contributed by atoms with Crippen LogP contribution < -0.4 is 11.1 Å². The molecule has 0 atom stereocenters. The predicted octanol–water partition coefficient (Wildman–Crippen LogP) is 1.73. The molecule has 1 aliphatic heterocycles. The van der Waals surface area contributed by atoms with E-state index in [0.717, 1.165) is 56.2 Å². The first-order valence-electron chi connectivity index (χ1n) is 8.23. The number of primary amides is 1. The summed E-state index contributed by atoms with van der Waals surface area (Å²) in [5.74, 6) is -0.905. The van der Waals surface area contributed by atoms with E-state index in [2.05, 4.69) is 15.2 Å². The minimum Gasteiger partial charge on any atom is -0.382 e. The Morgan fingerprint density at radius 3 is 2.68 bits per heavy atom. The second-order valence-electron chi connectivity index (χ2n) is 5.87. The highest BCUT2D eigenvalue weighted by atomic mass is 19.1. The third-order valence-corrected chi connectivity index (χ3v) is 4.16. The summed E-state index contributed by atoms with van der Waals surface area (Å²) in [6.07, 6.45) is 1.60. The van der Waals surface area contributed by atoms with E-state index in [1.807, 2.05) is 0 Å². The molecule has 1 aliphatic rings. The molecule has 6 nitrogen and oxygen atoms in total. The van der Waals surface area contributed by atoms with Crippen molar-refractivity contribution >= 4 is 11.6 Å². The number of nitrogens with two attached hydrogens (primary N) is 1. The second-order valence-corrected chi connectivity index (χ2v) is 5.87. The van der Waals surface area contributed by atoms with Crippen molar-refractivity contribution in [3.8, 4) is 11.1 Å². The first-order valence-corrected chi connectivity index (χ1v) is 8.23. The van der Waals surface area contributed by atoms with Gasteiger partial charge in [-0.25, -0.2) is 9.37 Å². The molecule has 1 aromatic heterocycles. The number of hydrogen-bond acceptors (Lipinski definition) is 5. The molecule has 0 unspecified atom stereocenters. The zero-order valence-corrected chi connectivity index (χ0v) is 13.9. The van der Waals surface area contributed by atoms with E-state index in [0.29, 0.717) is 0 Å². The van der Waals surface area contributed by atoms with Crippen LogP contribution in [0.25, 0.3) is 11.1 Å². The van der Waals surface area contributed by atoms with Crippen LogP contribution in [0.5, 0.6) is 0 Å². The summed E-state index contributed by atoms with van der Waals surface area (Å²) in [5.41, 5.74) is 7.85. The fraction of sp³-hybridized carbons (Fsp3) is 0.333. The van der Waals surface area contributed by atoms with Crippen molar-refractivity contribution in [2.75, 3.05) is 44.7 Å². The number of morpholine rings is 1. The summed E-state index contributed by atoms with van der Waals surface area (Å²) >= 11 is 0. The van der Waals surface area contributed by atoms with Gasteiger partial charge in [-0.15, -0.1) is 0 Å². The van der Waals surface area contributed by atoms with E-state index in [4.69, 9.17) is 10.5 Å². The Hall–Kier alpha value is -2.51. The van der Waals surface area contributed by atoms with Crippen LogP contribution in [0.2, 0.25) is 0 Å². The SMILES string of the molecule is NC(=O)c1cc(-c2ccc(F)cc2)c(NCCN2CCOCC2)cn1. The number of rotatable bonds is 6. The maximum absolute atomic E-state index is 13.2. The third-order valence-electron chi connectivity index (χ3n) is 4.16. The molecular weight excluding hydrogens is 323 g/mol. The van der Waals surface area contributed by atoms with Gasteiger partial charge in [0, 0.05) is 31.7 Å². The molecule has 1 amide bonds. The van der Waals surface area contributed by atoms with Crippen LogP contribution in [0.1, 0.15) is 10.5 Å². The first-order chi connectivity index (χ1) is 12.1. The maximum Gasteiger partial charge on any atom is 0.267 e. The zero-order valence-electron chi connectivity index (χ0n) is 13.9. The van der Waals surface area contributed by atoms with Gasteiger partial charge in [-0.1, -0.05) is 12.1 Å². The van der Waals surface area contributed by atoms with Crippen LogP contribution in [-0.2, 0) is 4.74 Å². The molecule has 1 saturated heterocycles. The van der Waals surface area contributed by atoms with E-state index in [1.54, 1.807) is 24.4 Å². The minimum atomic E-state index is -0.594. The largest absolute Gasteiger partial charge is 0.382 e. The molecular formula is C18H21FN4O2. The Morgan fingerprint density at radius 1 is 1.28 bits per heavy atom. The average molecular weight is 344 g/mol. The Morgan fingerprint density at radius 2 is 2.00 bits per heavy atom. The summed E-state index contributed by atoms with van der Waals surface area (Å²) in [4.78, 5) is 17.9. The third kappa shape index (κ3) is 4.52. The topological polar surface area (TPSA) is 80.5 Å². The van der Waals surface area contributed by atoms with Gasteiger partial charge in [0.05, 0.1) is 25.1 Å². The van der Waals surface area contributed by atoms with Gasteiger partial charge in [-0.05, 0) is 23.8 Å². The summed E-state index contributed by atoms with van der Waals surface area (Å²) < 4.78 is 18.5. The molecule has 3 N–H and O–H groups in total. The number of pyridine rings is 1. The van der Waals surface area contributed by atoms with Gasteiger partial charge in [-0.2, -0.15) is 0 Å². The van der Waals surface area contributed by atoms with Crippen molar-refractivity contribution < 1.29 is 13.9 Å². The van der Waals surface area contributed by atoms with Gasteiger partial charge in [0.25, 0.3) is 5.91 Å². The summed E-state index contributed by atoms with van der Waals surface area (Å²) in [7, 11) is 0. The molecule has 25 heavy (non-hydrogen) atoms. The lowest BCUT2D eigenvalue weighted by atomic mass is 10.0. The van der Waals surface area contributed by atoms with Gasteiger partial charge in [-0.3, -0.25) is 9.69 Å². The van der Waals surface area contributed by atoms with Crippen LogP contribution in [0.4, 0.5) is 10.1 Å². The van der Waals surface area contributed by atoms with E-state index >= 15 is 0 Å². The number of hydrogen-bond donors (Lipinski definition) is 2. The standard InChI is InChI=1S/C18H21FN4O2/c19-14-3-1-13(2-4-14)15-11-16(18(20)24)22-12-17(15)21-5-6-23-7-9-25-10-8-23/h1-4,11-12,21H,5-10H2,(H2,20,24). The number of carbonyl (C=O) groups excluding carboxylic acids is 1. The van der Waals surface area contributed by atoms with E-state index in [1.165, 1.54) is 12.1 Å². The number of nitrogens with one attached hydrogen (secondary N) is 1. The number of benzene rings is 1. The van der Waals surface area contributed by atoms with E-state index in [9.17, 15) is 9.18 Å². The number of halogens is 1. The monoisotopic (exact) mass is 344 g/mol. The Kier molecular flexibility index (Phi) is 5.57. The smallest absolute Gasteiger partial charge is 0.267 e. The average Bonchev–Trinajstić information content (AvgIpc) is 2.63. The number of aromatic nitrogens is 1. The van der Waals surface area contributed by atoms with E-state index in [-0.39, 0.29) is 11.5 Å². The molecule has 2 heterocycles. The van der Waals surface area contributed by atoms with Gasteiger partial charge in [0.2, 0.25) is 0 Å². The van der Waals surface area contributed by atoms with Crippen molar-refractivity contribution in [1.29, 1.82) is 0 Å². The molecule has 7 heteroatoms. The molecule has 0 aliphatic carbocycles. The highest BCUT2D eigenvalue weighted by molar-refractivity contribution is 5.93. The number of carbonyl (C=O) groups is 1. The van der Waals surface area contributed by atoms with Crippen LogP contribution >= 0.6 is 0 Å². The maximum atomic E-state index is 13.2. The first kappa shape index (κ1) is 17.3. The van der Waals surface area contributed by atoms with Crippen molar-refractivity contribution in [3.05, 3.63) is 48.0 Å². The van der Waals surface area contributed by atoms with Crippen LogP contribution in [0.15, 0.2) is 36.5 Å². The fourth-order valence-electron chi connectivity index (χ4n) is 2.77. The van der Waals surface area contributed by atoms with Crippen molar-refractivity contribution in [3.63, 3.8) is 0 Å². The van der Waals surface area contributed by atoms with Gasteiger partial charge in [0.15, 0.2) is 0 Å². The number of ether oxygens (including phenoxy) is 1. The normalized spacial score (nSPS) is 15.1. The van der Waals surface area contributed by atoms with E-state index < -0.39 is 5.91 Å². The Balaban J connectivity index is 1.77. The quantitative estimate of drug-likeness (QED) is 0.834. The zero-order chi connectivity index (χ0) is 17.6. The molecule has 0 radical (unpaired) electrons. The lowest BCUT2D eigenvalue weighted by Gasteiger charge is -2.26. The Bertz CT molecular complexity index is 730.